The molecule has 27 heavy (non-hydrogen) atoms. The number of rotatable bonds is 6. The number of amides is 1. The lowest BCUT2D eigenvalue weighted by Gasteiger charge is -2.11. The lowest BCUT2D eigenvalue weighted by molar-refractivity contribution is -0.384. The molecule has 0 spiro atoms. The van der Waals surface area contributed by atoms with Gasteiger partial charge in [-0.25, -0.2) is 0 Å². The molecular formula is C16H14N6O4S. The molecule has 11 heteroatoms. The van der Waals surface area contributed by atoms with Gasteiger partial charge < -0.3 is 10.4 Å². The number of carbonyl (C=O) groups is 1. The molecule has 138 valence electrons. The number of hydrogen-bond acceptors (Lipinski definition) is 8. The summed E-state index contributed by atoms with van der Waals surface area (Å²) in [6.07, 6.45) is 0. The zero-order chi connectivity index (χ0) is 19.4. The first-order valence-corrected chi connectivity index (χ1v) is 8.62. The smallest absolute Gasteiger partial charge is 0.271 e. The molecule has 1 heterocycles. The topological polar surface area (TPSA) is 136 Å². The number of hydrogen-bond donors (Lipinski definition) is 2. The molecule has 10 nitrogen and oxygen atoms in total. The summed E-state index contributed by atoms with van der Waals surface area (Å²) in [5, 5.41) is 34.1. The molecule has 3 aromatic rings. The molecule has 0 aliphatic rings. The number of nitrogens with zero attached hydrogens (tertiary/aromatic N) is 5. The number of anilines is 1. The monoisotopic (exact) mass is 386 g/mol. The van der Waals surface area contributed by atoms with Gasteiger partial charge in [-0.15, -0.1) is 5.10 Å². The van der Waals surface area contributed by atoms with Gasteiger partial charge in [-0.2, -0.15) is 4.68 Å². The highest BCUT2D eigenvalue weighted by Gasteiger charge is 2.20. The minimum Gasteiger partial charge on any atom is -0.508 e. The predicted molar refractivity (Wildman–Crippen MR) is 97.9 cm³/mol. The lowest BCUT2D eigenvalue weighted by atomic mass is 10.2. The Labute approximate surface area is 157 Å². The number of nitro groups is 1. The summed E-state index contributed by atoms with van der Waals surface area (Å²) in [5.74, 6) is -0.230. The van der Waals surface area contributed by atoms with Crippen LogP contribution in [0.1, 0.15) is 6.92 Å². The van der Waals surface area contributed by atoms with E-state index >= 15 is 0 Å². The minimum atomic E-state index is -0.564. The van der Waals surface area contributed by atoms with E-state index < -0.39 is 10.2 Å². The molecule has 2 aromatic carbocycles. The van der Waals surface area contributed by atoms with E-state index in [9.17, 15) is 20.0 Å². The fourth-order valence-electron chi connectivity index (χ4n) is 2.16. The Morgan fingerprint density at radius 3 is 2.74 bits per heavy atom. The first-order chi connectivity index (χ1) is 12.9. The molecule has 1 atom stereocenters. The third-order valence-corrected chi connectivity index (χ3v) is 4.54. The summed E-state index contributed by atoms with van der Waals surface area (Å²) < 4.78 is 1.45. The second-order valence-electron chi connectivity index (χ2n) is 5.45. The fraction of sp³-hybridized carbons (Fsp3) is 0.125. The first-order valence-electron chi connectivity index (χ1n) is 7.74. The summed E-state index contributed by atoms with van der Waals surface area (Å²) in [5.41, 5.74) is 0.857. The number of thioether (sulfide) groups is 1. The second kappa shape index (κ2) is 7.83. The third kappa shape index (κ3) is 4.39. The highest BCUT2D eigenvalue weighted by Crippen LogP contribution is 2.25. The van der Waals surface area contributed by atoms with Gasteiger partial charge in [0.2, 0.25) is 11.1 Å². The second-order valence-corrected chi connectivity index (χ2v) is 6.75. The minimum absolute atomic E-state index is 0.107. The molecule has 0 bridgehead atoms. The van der Waals surface area contributed by atoms with E-state index in [2.05, 4.69) is 20.8 Å². The van der Waals surface area contributed by atoms with Crippen molar-refractivity contribution in [2.24, 2.45) is 0 Å². The number of tetrazole rings is 1. The number of phenolic OH excluding ortho intramolecular Hbond substituents is 1. The number of phenols is 1. The number of aromatic hydroxyl groups is 1. The highest BCUT2D eigenvalue weighted by atomic mass is 32.2. The number of nitrogens with one attached hydrogen (secondary N) is 1. The number of benzene rings is 2. The molecule has 0 aliphatic heterocycles. The third-order valence-electron chi connectivity index (χ3n) is 3.51. The summed E-state index contributed by atoms with van der Waals surface area (Å²) >= 11 is 1.13. The van der Waals surface area contributed by atoms with E-state index in [0.717, 1.165) is 11.8 Å². The van der Waals surface area contributed by atoms with Crippen LogP contribution >= 0.6 is 11.8 Å². The normalized spacial score (nSPS) is 11.7. The molecular weight excluding hydrogens is 372 g/mol. The van der Waals surface area contributed by atoms with Crippen LogP contribution in [-0.4, -0.2) is 41.4 Å². The molecule has 0 saturated heterocycles. The van der Waals surface area contributed by atoms with Gasteiger partial charge in [0.15, 0.2) is 0 Å². The van der Waals surface area contributed by atoms with Gasteiger partial charge in [-0.1, -0.05) is 17.8 Å². The average molecular weight is 386 g/mol. The Morgan fingerprint density at radius 2 is 2.04 bits per heavy atom. The molecule has 2 N–H and O–H groups in total. The highest BCUT2D eigenvalue weighted by molar-refractivity contribution is 8.00. The number of non-ortho nitro benzene ring substituents is 1. The number of aromatic nitrogens is 4. The van der Waals surface area contributed by atoms with Crippen LogP contribution < -0.4 is 5.32 Å². The Bertz CT molecular complexity index is 975. The van der Waals surface area contributed by atoms with Crippen molar-refractivity contribution in [2.45, 2.75) is 17.3 Å². The standard InChI is InChI=1S/C16H14N6O4S/c1-10(15(24)17-11-3-2-4-13(9-11)22(25)26)27-16-18-19-20-21(16)12-5-7-14(23)8-6-12/h2-10,23H,1H3,(H,17,24). The van der Waals surface area contributed by atoms with E-state index in [1.807, 2.05) is 0 Å². The van der Waals surface area contributed by atoms with Gasteiger partial charge in [0, 0.05) is 17.8 Å². The zero-order valence-electron chi connectivity index (χ0n) is 14.0. The van der Waals surface area contributed by atoms with Crippen molar-refractivity contribution in [3.05, 3.63) is 58.6 Å². The van der Waals surface area contributed by atoms with Crippen molar-refractivity contribution in [3.63, 3.8) is 0 Å². The van der Waals surface area contributed by atoms with Crippen molar-refractivity contribution in [2.75, 3.05) is 5.32 Å². The first kappa shape index (κ1) is 18.3. The number of carbonyl (C=O) groups excluding carboxylic acids is 1. The van der Waals surface area contributed by atoms with Gasteiger partial charge in [0.05, 0.1) is 15.9 Å². The van der Waals surface area contributed by atoms with E-state index in [4.69, 9.17) is 0 Å². The lowest BCUT2D eigenvalue weighted by Crippen LogP contribution is -2.23. The maximum absolute atomic E-state index is 12.4. The molecule has 0 fully saturated rings. The van der Waals surface area contributed by atoms with Crippen LogP contribution in [0, 0.1) is 10.1 Å². The van der Waals surface area contributed by atoms with Crippen LogP contribution in [0.25, 0.3) is 5.69 Å². The van der Waals surface area contributed by atoms with Crippen LogP contribution in [0.3, 0.4) is 0 Å². The van der Waals surface area contributed by atoms with E-state index in [-0.39, 0.29) is 17.3 Å². The Balaban J connectivity index is 1.71. The quantitative estimate of drug-likeness (QED) is 0.374. The van der Waals surface area contributed by atoms with Gasteiger partial charge in [-0.3, -0.25) is 14.9 Å². The van der Waals surface area contributed by atoms with E-state index in [1.54, 1.807) is 25.1 Å². The van der Waals surface area contributed by atoms with Crippen molar-refractivity contribution >= 4 is 29.0 Å². The van der Waals surface area contributed by atoms with Crippen LogP contribution in [-0.2, 0) is 4.79 Å². The molecule has 0 saturated carbocycles. The van der Waals surface area contributed by atoms with Gasteiger partial charge >= 0.3 is 0 Å². The molecule has 0 aliphatic carbocycles. The molecule has 0 radical (unpaired) electrons. The Morgan fingerprint density at radius 1 is 1.30 bits per heavy atom. The van der Waals surface area contributed by atoms with E-state index in [1.165, 1.54) is 35.0 Å². The van der Waals surface area contributed by atoms with Crippen LogP contribution in [0.5, 0.6) is 5.75 Å². The van der Waals surface area contributed by atoms with Crippen LogP contribution in [0.2, 0.25) is 0 Å². The maximum Gasteiger partial charge on any atom is 0.271 e. The van der Waals surface area contributed by atoms with Crippen LogP contribution in [0.4, 0.5) is 11.4 Å². The Kier molecular flexibility index (Phi) is 5.31. The van der Waals surface area contributed by atoms with Crippen molar-refractivity contribution < 1.29 is 14.8 Å². The summed E-state index contributed by atoms with van der Waals surface area (Å²) in [4.78, 5) is 22.7. The summed E-state index contributed by atoms with van der Waals surface area (Å²) in [6.45, 7) is 1.67. The Hall–Kier alpha value is -3.47. The number of nitro benzene ring substituents is 1. The molecule has 1 amide bonds. The summed E-state index contributed by atoms with van der Waals surface area (Å²) in [7, 11) is 0. The van der Waals surface area contributed by atoms with Crippen molar-refractivity contribution in [1.29, 1.82) is 0 Å². The van der Waals surface area contributed by atoms with Crippen molar-refractivity contribution in [1.82, 2.24) is 20.2 Å². The van der Waals surface area contributed by atoms with Crippen molar-refractivity contribution in [3.8, 4) is 11.4 Å². The molecule has 1 unspecified atom stereocenters. The summed E-state index contributed by atoms with van der Waals surface area (Å²) in [6, 6.07) is 12.0. The SMILES string of the molecule is CC(Sc1nnnn1-c1ccc(O)cc1)C(=O)Nc1cccc([N+](=O)[O-])c1. The van der Waals surface area contributed by atoms with Gasteiger partial charge in [0.1, 0.15) is 5.75 Å². The predicted octanol–water partition coefficient (Wildman–Crippen LogP) is 2.40. The molecule has 3 rings (SSSR count). The van der Waals surface area contributed by atoms with Gasteiger partial charge in [0.25, 0.3) is 5.69 Å². The van der Waals surface area contributed by atoms with E-state index in [0.29, 0.717) is 16.5 Å². The largest absolute Gasteiger partial charge is 0.508 e. The van der Waals surface area contributed by atoms with Gasteiger partial charge in [-0.05, 0) is 47.7 Å². The fourth-order valence-corrected chi connectivity index (χ4v) is 2.97. The molecule has 1 aromatic heterocycles. The zero-order valence-corrected chi connectivity index (χ0v) is 14.8. The average Bonchev–Trinajstić information content (AvgIpc) is 3.10. The van der Waals surface area contributed by atoms with Crippen LogP contribution in [0.15, 0.2) is 53.7 Å². The maximum atomic E-state index is 12.4.